The Bertz CT molecular complexity index is 958. The molecular weight excluding hydrogens is 468 g/mol. The fourth-order valence-corrected chi connectivity index (χ4v) is 5.62. The van der Waals surface area contributed by atoms with Crippen molar-refractivity contribution in [2.75, 3.05) is 19.0 Å². The zero-order chi connectivity index (χ0) is 24.6. The van der Waals surface area contributed by atoms with Gasteiger partial charge in [0.05, 0.1) is 12.3 Å². The molecule has 1 atom stereocenters. The van der Waals surface area contributed by atoms with Gasteiger partial charge in [0, 0.05) is 19.1 Å². The number of rotatable bonds is 8. The van der Waals surface area contributed by atoms with Crippen LogP contribution < -0.4 is 10.7 Å². The van der Waals surface area contributed by atoms with Crippen molar-refractivity contribution < 1.29 is 23.9 Å². The first-order valence-corrected chi connectivity index (χ1v) is 13.3. The molecule has 1 aromatic carbocycles. The number of amides is 3. The minimum absolute atomic E-state index is 0.113. The van der Waals surface area contributed by atoms with Crippen molar-refractivity contribution in [3.8, 4) is 0 Å². The smallest absolute Gasteiger partial charge is 0.309 e. The van der Waals surface area contributed by atoms with Crippen LogP contribution >= 0.6 is 11.8 Å². The van der Waals surface area contributed by atoms with Crippen LogP contribution in [0.5, 0.6) is 0 Å². The van der Waals surface area contributed by atoms with Crippen LogP contribution in [0.4, 0.5) is 0 Å². The molecule has 1 unspecified atom stereocenters. The molecule has 1 aliphatic carbocycles. The van der Waals surface area contributed by atoms with Crippen molar-refractivity contribution in [3.05, 3.63) is 35.9 Å². The first-order valence-electron chi connectivity index (χ1n) is 12.3. The van der Waals surface area contributed by atoms with Crippen LogP contribution in [0.25, 0.3) is 0 Å². The fraction of sp³-hybridized carbons (Fsp3) is 0.560. The van der Waals surface area contributed by atoms with Crippen molar-refractivity contribution in [1.82, 2.24) is 15.6 Å². The minimum Gasteiger partial charge on any atom is -0.381 e. The lowest BCUT2D eigenvalue weighted by Crippen LogP contribution is -2.53. The zero-order valence-electron chi connectivity index (χ0n) is 19.7. The number of hydrogen-bond acceptors (Lipinski definition) is 7. The van der Waals surface area contributed by atoms with Crippen molar-refractivity contribution >= 4 is 40.4 Å². The summed E-state index contributed by atoms with van der Waals surface area (Å²) in [5.41, 5.74) is 3.27. The predicted octanol–water partition coefficient (Wildman–Crippen LogP) is 2.21. The summed E-state index contributed by atoms with van der Waals surface area (Å²) in [7, 11) is 0. The number of benzene rings is 1. The largest absolute Gasteiger partial charge is 0.381 e. The topological polar surface area (TPSA) is 117 Å². The van der Waals surface area contributed by atoms with Gasteiger partial charge in [-0.05, 0) is 37.2 Å². The second kappa shape index (κ2) is 12.3. The molecule has 1 aromatic rings. The van der Waals surface area contributed by atoms with E-state index >= 15 is 0 Å². The molecule has 0 spiro atoms. The molecule has 188 valence electrons. The molecule has 2 heterocycles. The van der Waals surface area contributed by atoms with Crippen LogP contribution in [-0.4, -0.2) is 58.6 Å². The number of carbonyl (C=O) groups is 4. The monoisotopic (exact) mass is 500 g/mol. The third kappa shape index (κ3) is 6.70. The maximum absolute atomic E-state index is 13.2. The van der Waals surface area contributed by atoms with E-state index in [4.69, 9.17) is 4.74 Å². The van der Waals surface area contributed by atoms with Gasteiger partial charge < -0.3 is 10.1 Å². The second-order valence-corrected chi connectivity index (χ2v) is 10.2. The highest BCUT2D eigenvalue weighted by Crippen LogP contribution is 2.26. The summed E-state index contributed by atoms with van der Waals surface area (Å²) >= 11 is 1.21. The number of ketones is 1. The van der Waals surface area contributed by atoms with Gasteiger partial charge >= 0.3 is 5.91 Å². The molecule has 3 amide bonds. The number of nitrogens with one attached hydrogen (secondary N) is 2. The molecule has 35 heavy (non-hydrogen) atoms. The molecule has 0 bridgehead atoms. The van der Waals surface area contributed by atoms with Gasteiger partial charge in [-0.25, -0.2) is 5.43 Å². The van der Waals surface area contributed by atoms with E-state index < -0.39 is 17.7 Å². The van der Waals surface area contributed by atoms with E-state index in [1.807, 2.05) is 30.3 Å². The number of carbonyl (C=O) groups excluding carboxylic acids is 4. The third-order valence-corrected chi connectivity index (χ3v) is 7.77. The molecule has 4 rings (SSSR count). The third-order valence-electron chi connectivity index (χ3n) is 6.81. The van der Waals surface area contributed by atoms with Gasteiger partial charge in [0.25, 0.3) is 0 Å². The molecular formula is C25H32N4O5S. The minimum atomic E-state index is -0.910. The van der Waals surface area contributed by atoms with Crippen LogP contribution in [-0.2, 0) is 30.5 Å². The van der Waals surface area contributed by atoms with Crippen LogP contribution in [0.15, 0.2) is 35.4 Å². The van der Waals surface area contributed by atoms with Gasteiger partial charge in [0.2, 0.25) is 17.6 Å². The van der Waals surface area contributed by atoms with Gasteiger partial charge in [0.15, 0.2) is 5.17 Å². The number of hydrogen-bond donors (Lipinski definition) is 2. The lowest BCUT2D eigenvalue weighted by atomic mass is 9.85. The van der Waals surface area contributed by atoms with Crippen LogP contribution in [0, 0.1) is 11.8 Å². The van der Waals surface area contributed by atoms with Gasteiger partial charge in [-0.15, -0.1) is 5.10 Å². The van der Waals surface area contributed by atoms with E-state index in [9.17, 15) is 19.2 Å². The Morgan fingerprint density at radius 2 is 1.77 bits per heavy atom. The number of amidine groups is 1. The quantitative estimate of drug-likeness (QED) is 0.418. The molecule has 0 aromatic heterocycles. The number of nitrogens with zero attached hydrogens (tertiary/aromatic N) is 2. The Hall–Kier alpha value is -2.72. The summed E-state index contributed by atoms with van der Waals surface area (Å²) in [6.07, 6.45) is 5.93. The molecule has 2 N–H and O–H groups in total. The number of thioether (sulfide) groups is 1. The summed E-state index contributed by atoms with van der Waals surface area (Å²) in [6.45, 7) is 1.31. The van der Waals surface area contributed by atoms with Gasteiger partial charge in [-0.3, -0.25) is 24.1 Å². The number of ether oxygens (including phenoxy) is 1. The molecule has 10 heteroatoms. The standard InChI is InChI=1S/C25H32N4O5S/c30-20-16-35-25(29(20)15-17-7-3-1-4-8-17)28-27-24(33)22(31)21(18-11-13-34-14-12-18)26-23(32)19-9-5-2-6-10-19/h1,3-4,7-8,18-19,21H,2,5-6,9-16H2,(H,26,32)(H,27,33)/b28-25-. The maximum Gasteiger partial charge on any atom is 0.309 e. The van der Waals surface area contributed by atoms with E-state index in [1.165, 1.54) is 16.7 Å². The lowest BCUT2D eigenvalue weighted by molar-refractivity contribution is -0.142. The van der Waals surface area contributed by atoms with Crippen LogP contribution in [0.3, 0.4) is 0 Å². The Balaban J connectivity index is 1.42. The molecule has 2 saturated heterocycles. The van der Waals surface area contributed by atoms with E-state index in [0.717, 1.165) is 37.7 Å². The molecule has 3 aliphatic rings. The molecule has 2 aliphatic heterocycles. The van der Waals surface area contributed by atoms with Crippen molar-refractivity contribution in [3.63, 3.8) is 0 Å². The van der Waals surface area contributed by atoms with Crippen molar-refractivity contribution in [1.29, 1.82) is 0 Å². The highest BCUT2D eigenvalue weighted by atomic mass is 32.2. The first-order chi connectivity index (χ1) is 17.0. The second-order valence-electron chi connectivity index (χ2n) is 9.22. The predicted molar refractivity (Wildman–Crippen MR) is 132 cm³/mol. The molecule has 3 fully saturated rings. The van der Waals surface area contributed by atoms with Crippen molar-refractivity contribution in [2.45, 2.75) is 57.5 Å². The summed E-state index contributed by atoms with van der Waals surface area (Å²) in [6, 6.07) is 8.57. The number of hydrazone groups is 1. The Labute approximate surface area is 209 Å². The molecule has 9 nitrogen and oxygen atoms in total. The molecule has 1 saturated carbocycles. The lowest BCUT2D eigenvalue weighted by Gasteiger charge is -2.31. The summed E-state index contributed by atoms with van der Waals surface area (Å²) in [5, 5.41) is 7.33. The normalized spacial score (nSPS) is 21.7. The average Bonchev–Trinajstić information content (AvgIpc) is 3.25. The summed E-state index contributed by atoms with van der Waals surface area (Å²) in [5.74, 6) is -1.93. The van der Waals surface area contributed by atoms with E-state index in [0.29, 0.717) is 37.8 Å². The van der Waals surface area contributed by atoms with E-state index in [2.05, 4.69) is 15.8 Å². The first kappa shape index (κ1) is 25.4. The Morgan fingerprint density at radius 1 is 1.06 bits per heavy atom. The van der Waals surface area contributed by atoms with Crippen molar-refractivity contribution in [2.24, 2.45) is 16.9 Å². The Morgan fingerprint density at radius 3 is 2.49 bits per heavy atom. The van der Waals surface area contributed by atoms with Gasteiger partial charge in [0.1, 0.15) is 6.04 Å². The summed E-state index contributed by atoms with van der Waals surface area (Å²) in [4.78, 5) is 52.7. The average molecular weight is 501 g/mol. The van der Waals surface area contributed by atoms with E-state index in [-0.39, 0.29) is 29.4 Å². The Kier molecular flexibility index (Phi) is 8.92. The fourth-order valence-electron chi connectivity index (χ4n) is 4.78. The highest BCUT2D eigenvalue weighted by molar-refractivity contribution is 8.15. The zero-order valence-corrected chi connectivity index (χ0v) is 20.6. The highest BCUT2D eigenvalue weighted by Gasteiger charge is 2.37. The van der Waals surface area contributed by atoms with Gasteiger partial charge in [-0.1, -0.05) is 61.4 Å². The maximum atomic E-state index is 13.2. The van der Waals surface area contributed by atoms with Gasteiger partial charge in [-0.2, -0.15) is 0 Å². The van der Waals surface area contributed by atoms with Crippen LogP contribution in [0.1, 0.15) is 50.5 Å². The number of Topliss-reactive ketones (excluding diaryl/α,β-unsaturated/α-hetero) is 1. The van der Waals surface area contributed by atoms with Crippen LogP contribution in [0.2, 0.25) is 0 Å². The van der Waals surface area contributed by atoms with E-state index in [1.54, 1.807) is 0 Å². The molecule has 0 radical (unpaired) electrons. The SMILES string of the molecule is O=C(N/N=C1\SCC(=O)N1Cc1ccccc1)C(=O)C(NC(=O)C1CCCCC1)C1CCOCC1. The summed E-state index contributed by atoms with van der Waals surface area (Å²) < 4.78 is 5.41.